The first-order valence-corrected chi connectivity index (χ1v) is 8.21. The molecule has 0 saturated carbocycles. The fourth-order valence-corrected chi connectivity index (χ4v) is 3.36. The van der Waals surface area contributed by atoms with Gasteiger partial charge >= 0.3 is 5.97 Å². The Hall–Kier alpha value is -2.26. The number of nitro groups is 1. The van der Waals surface area contributed by atoms with Crippen molar-refractivity contribution in [1.29, 1.82) is 0 Å². The van der Waals surface area contributed by atoms with Gasteiger partial charge in [0.2, 0.25) is 0 Å². The quantitative estimate of drug-likeness (QED) is 0.251. The Morgan fingerprint density at radius 2 is 2.25 bits per heavy atom. The lowest BCUT2D eigenvalue weighted by molar-refractivity contribution is -0.384. The van der Waals surface area contributed by atoms with Crippen molar-refractivity contribution in [2.75, 3.05) is 13.7 Å². The Bertz CT molecular complexity index is 732. The molecule has 24 heavy (non-hydrogen) atoms. The van der Waals surface area contributed by atoms with Crippen molar-refractivity contribution in [2.45, 2.75) is 12.8 Å². The Morgan fingerprint density at radius 3 is 2.92 bits per heavy atom. The molecule has 0 spiro atoms. The number of rotatable bonds is 6. The van der Waals surface area contributed by atoms with E-state index in [-0.39, 0.29) is 24.0 Å². The van der Waals surface area contributed by atoms with Crippen molar-refractivity contribution in [3.8, 4) is 0 Å². The van der Waals surface area contributed by atoms with E-state index in [1.165, 1.54) is 24.1 Å². The molecule has 9 heteroatoms. The minimum atomic E-state index is -0.491. The SMILES string of the molecule is COC(=O)CCCN1C(=O)/C(=C/c2cccc([N+](=O)[O-])c2)SC1=S. The highest BCUT2D eigenvalue weighted by Gasteiger charge is 2.31. The standard InChI is InChI=1S/C15H14N2O5S2/c1-22-13(18)6-3-7-16-14(19)12(24-15(16)23)9-10-4-2-5-11(8-10)17(20)21/h2,4-5,8-9H,3,6-7H2,1H3/b12-9-. The lowest BCUT2D eigenvalue weighted by Crippen LogP contribution is -2.29. The number of ether oxygens (including phenoxy) is 1. The molecule has 0 N–H and O–H groups in total. The maximum Gasteiger partial charge on any atom is 0.305 e. The van der Waals surface area contributed by atoms with Gasteiger partial charge in [0.25, 0.3) is 11.6 Å². The molecule has 1 fully saturated rings. The number of hydrogen-bond acceptors (Lipinski definition) is 7. The molecule has 0 unspecified atom stereocenters. The van der Waals surface area contributed by atoms with E-state index < -0.39 is 4.92 Å². The highest BCUT2D eigenvalue weighted by atomic mass is 32.2. The van der Waals surface area contributed by atoms with Gasteiger partial charge in [-0.2, -0.15) is 0 Å². The summed E-state index contributed by atoms with van der Waals surface area (Å²) in [5, 5.41) is 10.8. The normalized spacial score (nSPS) is 15.9. The zero-order valence-electron chi connectivity index (χ0n) is 12.8. The summed E-state index contributed by atoms with van der Waals surface area (Å²) >= 11 is 6.33. The maximum absolute atomic E-state index is 12.4. The fraction of sp³-hybridized carbons (Fsp3) is 0.267. The second kappa shape index (κ2) is 8.02. The summed E-state index contributed by atoms with van der Waals surface area (Å²) in [6.07, 6.45) is 2.23. The number of nitro benzene ring substituents is 1. The molecular weight excluding hydrogens is 352 g/mol. The number of nitrogens with zero attached hydrogens (tertiary/aromatic N) is 2. The molecule has 0 aromatic heterocycles. The first kappa shape index (κ1) is 18.1. The Labute approximate surface area is 147 Å². The molecule has 1 aliphatic heterocycles. The van der Waals surface area contributed by atoms with Gasteiger partial charge in [0, 0.05) is 25.1 Å². The molecule has 7 nitrogen and oxygen atoms in total. The number of carbonyl (C=O) groups excluding carboxylic acids is 2. The molecule has 126 valence electrons. The topological polar surface area (TPSA) is 89.8 Å². The van der Waals surface area contributed by atoms with Crippen molar-refractivity contribution in [2.24, 2.45) is 0 Å². The van der Waals surface area contributed by atoms with Gasteiger partial charge in [-0.1, -0.05) is 36.1 Å². The van der Waals surface area contributed by atoms with E-state index in [1.807, 2.05) is 0 Å². The van der Waals surface area contributed by atoms with Crippen LogP contribution in [0.2, 0.25) is 0 Å². The number of thiocarbonyl (C=S) groups is 1. The summed E-state index contributed by atoms with van der Waals surface area (Å²) in [7, 11) is 1.31. The largest absolute Gasteiger partial charge is 0.469 e. The van der Waals surface area contributed by atoms with Crippen LogP contribution in [0.25, 0.3) is 6.08 Å². The number of amides is 1. The molecule has 1 heterocycles. The van der Waals surface area contributed by atoms with E-state index in [4.69, 9.17) is 12.2 Å². The van der Waals surface area contributed by atoms with Gasteiger partial charge < -0.3 is 4.74 Å². The smallest absolute Gasteiger partial charge is 0.305 e. The van der Waals surface area contributed by atoms with Crippen molar-refractivity contribution in [3.63, 3.8) is 0 Å². The van der Waals surface area contributed by atoms with Crippen LogP contribution >= 0.6 is 24.0 Å². The molecule has 1 aliphatic rings. The lowest BCUT2D eigenvalue weighted by Gasteiger charge is -2.13. The third-order valence-corrected chi connectivity index (χ3v) is 4.62. The maximum atomic E-state index is 12.4. The Morgan fingerprint density at radius 1 is 1.50 bits per heavy atom. The average Bonchev–Trinajstić information content (AvgIpc) is 2.82. The average molecular weight is 366 g/mol. The van der Waals surface area contributed by atoms with E-state index in [1.54, 1.807) is 18.2 Å². The summed E-state index contributed by atoms with van der Waals surface area (Å²) in [4.78, 5) is 35.6. The van der Waals surface area contributed by atoms with Crippen molar-refractivity contribution >= 4 is 51.9 Å². The number of non-ortho nitro benzene ring substituents is 1. The number of thioether (sulfide) groups is 1. The summed E-state index contributed by atoms with van der Waals surface area (Å²) in [5.74, 6) is -0.603. The number of hydrogen-bond donors (Lipinski definition) is 0. The molecule has 1 aromatic rings. The minimum Gasteiger partial charge on any atom is -0.469 e. The van der Waals surface area contributed by atoms with Crippen LogP contribution in [0.15, 0.2) is 29.2 Å². The van der Waals surface area contributed by atoms with E-state index in [2.05, 4.69) is 4.74 Å². The van der Waals surface area contributed by atoms with Gasteiger partial charge in [0.15, 0.2) is 0 Å². The molecule has 0 aliphatic carbocycles. The van der Waals surface area contributed by atoms with Crippen molar-refractivity contribution in [1.82, 2.24) is 4.90 Å². The third kappa shape index (κ3) is 4.39. The molecule has 1 aromatic carbocycles. The van der Waals surface area contributed by atoms with Crippen LogP contribution in [-0.4, -0.2) is 39.7 Å². The molecule has 1 amide bonds. The second-order valence-corrected chi connectivity index (χ2v) is 6.54. The van der Waals surface area contributed by atoms with Crippen molar-refractivity contribution in [3.05, 3.63) is 44.8 Å². The number of carbonyl (C=O) groups is 2. The zero-order chi connectivity index (χ0) is 17.7. The van der Waals surface area contributed by atoms with Crippen LogP contribution in [-0.2, 0) is 14.3 Å². The molecule has 0 radical (unpaired) electrons. The van der Waals surface area contributed by atoms with Gasteiger partial charge in [-0.15, -0.1) is 0 Å². The van der Waals surface area contributed by atoms with Crippen molar-refractivity contribution < 1.29 is 19.2 Å². The van der Waals surface area contributed by atoms with Gasteiger partial charge in [-0.25, -0.2) is 0 Å². The molecule has 0 atom stereocenters. The lowest BCUT2D eigenvalue weighted by atomic mass is 10.2. The number of esters is 1. The minimum absolute atomic E-state index is 0.0442. The van der Waals surface area contributed by atoms with Gasteiger partial charge in [-0.3, -0.25) is 24.6 Å². The Balaban J connectivity index is 2.09. The van der Waals surface area contributed by atoms with E-state index in [0.29, 0.717) is 27.8 Å². The molecule has 0 bridgehead atoms. The van der Waals surface area contributed by atoms with Gasteiger partial charge in [0.1, 0.15) is 4.32 Å². The molecule has 1 saturated heterocycles. The first-order chi connectivity index (χ1) is 11.4. The fourth-order valence-electron chi connectivity index (χ4n) is 2.06. The van der Waals surface area contributed by atoms with Crippen LogP contribution in [0.1, 0.15) is 18.4 Å². The molecule has 2 rings (SSSR count). The van der Waals surface area contributed by atoms with E-state index >= 15 is 0 Å². The number of methoxy groups -OCH3 is 1. The van der Waals surface area contributed by atoms with Crippen LogP contribution in [0.5, 0.6) is 0 Å². The number of benzene rings is 1. The zero-order valence-corrected chi connectivity index (χ0v) is 14.4. The van der Waals surface area contributed by atoms with Crippen LogP contribution in [0, 0.1) is 10.1 Å². The van der Waals surface area contributed by atoms with Crippen LogP contribution < -0.4 is 0 Å². The summed E-state index contributed by atoms with van der Waals surface area (Å²) < 4.78 is 4.96. The summed E-state index contributed by atoms with van der Waals surface area (Å²) in [6, 6.07) is 6.01. The summed E-state index contributed by atoms with van der Waals surface area (Å²) in [6.45, 7) is 0.325. The van der Waals surface area contributed by atoms with Gasteiger partial charge in [0.05, 0.1) is 16.9 Å². The van der Waals surface area contributed by atoms with Crippen LogP contribution in [0.4, 0.5) is 5.69 Å². The first-order valence-electron chi connectivity index (χ1n) is 6.99. The predicted molar refractivity (Wildman–Crippen MR) is 94.2 cm³/mol. The van der Waals surface area contributed by atoms with E-state index in [0.717, 1.165) is 11.8 Å². The van der Waals surface area contributed by atoms with Gasteiger partial charge in [-0.05, 0) is 18.1 Å². The van der Waals surface area contributed by atoms with E-state index in [9.17, 15) is 19.7 Å². The third-order valence-electron chi connectivity index (χ3n) is 3.24. The summed E-state index contributed by atoms with van der Waals surface area (Å²) in [5.41, 5.74) is 0.511. The highest BCUT2D eigenvalue weighted by molar-refractivity contribution is 8.26. The Kier molecular flexibility index (Phi) is 6.04. The van der Waals surface area contributed by atoms with Crippen LogP contribution in [0.3, 0.4) is 0 Å². The highest BCUT2D eigenvalue weighted by Crippen LogP contribution is 2.33. The predicted octanol–water partition coefficient (Wildman–Crippen LogP) is 2.75. The second-order valence-electron chi connectivity index (χ2n) is 4.87. The monoisotopic (exact) mass is 366 g/mol. The molecular formula is C15H14N2O5S2.